The third kappa shape index (κ3) is 31.8. The molecule has 0 heterocycles. The number of unbranched alkanes of at least 4 members (excludes halogenated alkanes) is 19. The van der Waals surface area contributed by atoms with Gasteiger partial charge in [-0.1, -0.05) is 136 Å². The first-order chi connectivity index (χ1) is 22.4. The second kappa shape index (κ2) is 34.2. The smallest absolute Gasteiger partial charge is 0.306 e. The number of ether oxygens (including phenoxy) is 5. The van der Waals surface area contributed by atoms with Crippen LogP contribution in [0.3, 0.4) is 0 Å². The average Bonchev–Trinajstić information content (AvgIpc) is 3.04. The van der Waals surface area contributed by atoms with Gasteiger partial charge < -0.3 is 23.7 Å². The molecule has 9 heteroatoms. The molecule has 0 aromatic carbocycles. The monoisotopic (exact) mass is 656 g/mol. The van der Waals surface area contributed by atoms with Crippen LogP contribution in [-0.4, -0.2) is 63.5 Å². The molecule has 0 rings (SSSR count). The van der Waals surface area contributed by atoms with Crippen molar-refractivity contribution in [3.63, 3.8) is 0 Å². The third-order valence-electron chi connectivity index (χ3n) is 7.96. The molecule has 1 atom stereocenters. The number of carbonyl (C=O) groups excluding carboxylic acids is 4. The zero-order chi connectivity index (χ0) is 33.9. The van der Waals surface area contributed by atoms with Crippen molar-refractivity contribution in [3.8, 4) is 0 Å². The van der Waals surface area contributed by atoms with Crippen molar-refractivity contribution in [2.45, 2.75) is 180 Å². The number of rotatable bonds is 34. The maximum absolute atomic E-state index is 12.5. The molecular weight excluding hydrogens is 588 g/mol. The zero-order valence-corrected chi connectivity index (χ0v) is 29.8. The van der Waals surface area contributed by atoms with Gasteiger partial charge in [-0.2, -0.15) is 0 Å². The molecule has 0 bridgehead atoms. The Hall–Kier alpha value is -2.16. The minimum absolute atomic E-state index is 0.117. The van der Waals surface area contributed by atoms with Gasteiger partial charge in [0, 0.05) is 20.0 Å². The highest BCUT2D eigenvalue weighted by molar-refractivity contribution is 5.77. The van der Waals surface area contributed by atoms with Gasteiger partial charge in [0.1, 0.15) is 19.8 Å². The maximum atomic E-state index is 12.5. The lowest BCUT2D eigenvalue weighted by molar-refractivity contribution is -0.167. The molecule has 1 unspecified atom stereocenters. The minimum Gasteiger partial charge on any atom is -0.463 e. The standard InChI is InChI=1S/C37H68O9/c1-4-6-8-10-12-14-16-18-19-21-23-25-34(38)44-31-33(32-45-36(40)28-27-35(39)43-30-29-42-3)46-37(41)26-24-22-20-17-15-13-11-9-7-5-2/h33H,4-32H2,1-3H3. The van der Waals surface area contributed by atoms with Crippen LogP contribution in [0.2, 0.25) is 0 Å². The van der Waals surface area contributed by atoms with Crippen molar-refractivity contribution in [1.29, 1.82) is 0 Å². The van der Waals surface area contributed by atoms with Gasteiger partial charge in [-0.15, -0.1) is 0 Å². The second-order valence-electron chi connectivity index (χ2n) is 12.4. The van der Waals surface area contributed by atoms with Crippen LogP contribution in [-0.2, 0) is 42.9 Å². The van der Waals surface area contributed by atoms with E-state index in [2.05, 4.69) is 13.8 Å². The molecule has 0 fully saturated rings. The van der Waals surface area contributed by atoms with Crippen LogP contribution >= 0.6 is 0 Å². The van der Waals surface area contributed by atoms with Crippen molar-refractivity contribution in [1.82, 2.24) is 0 Å². The highest BCUT2D eigenvalue weighted by atomic mass is 16.6. The predicted octanol–water partition coefficient (Wildman–Crippen LogP) is 8.97. The lowest BCUT2D eigenvalue weighted by atomic mass is 10.1. The molecule has 270 valence electrons. The molecule has 0 saturated carbocycles. The SMILES string of the molecule is CCCCCCCCCCCCCC(=O)OCC(COC(=O)CCC(=O)OCCOC)OC(=O)CCCCCCCCCCCC. The third-order valence-corrected chi connectivity index (χ3v) is 7.96. The highest BCUT2D eigenvalue weighted by Crippen LogP contribution is 2.14. The summed E-state index contributed by atoms with van der Waals surface area (Å²) in [6.45, 7) is 4.43. The van der Waals surface area contributed by atoms with E-state index >= 15 is 0 Å². The van der Waals surface area contributed by atoms with E-state index in [4.69, 9.17) is 23.7 Å². The van der Waals surface area contributed by atoms with Crippen LogP contribution in [0.25, 0.3) is 0 Å². The van der Waals surface area contributed by atoms with Gasteiger partial charge in [0.25, 0.3) is 0 Å². The largest absolute Gasteiger partial charge is 0.463 e. The number of hydrogen-bond acceptors (Lipinski definition) is 9. The van der Waals surface area contributed by atoms with Crippen molar-refractivity contribution < 1.29 is 42.9 Å². The first kappa shape index (κ1) is 43.8. The van der Waals surface area contributed by atoms with Crippen molar-refractivity contribution >= 4 is 23.9 Å². The summed E-state index contributed by atoms with van der Waals surface area (Å²) in [5.74, 6) is -1.89. The van der Waals surface area contributed by atoms with Gasteiger partial charge in [0.2, 0.25) is 0 Å². The summed E-state index contributed by atoms with van der Waals surface area (Å²) < 4.78 is 26.0. The minimum atomic E-state index is -0.894. The van der Waals surface area contributed by atoms with Crippen LogP contribution in [0.1, 0.15) is 174 Å². The Morgan fingerprint density at radius 2 is 0.761 bits per heavy atom. The molecule has 9 nitrogen and oxygen atoms in total. The summed E-state index contributed by atoms with van der Waals surface area (Å²) in [5.41, 5.74) is 0. The fourth-order valence-electron chi connectivity index (χ4n) is 5.08. The Kier molecular flexibility index (Phi) is 32.6. The van der Waals surface area contributed by atoms with E-state index in [1.807, 2.05) is 0 Å². The molecule has 0 aliphatic carbocycles. The summed E-state index contributed by atoms with van der Waals surface area (Å²) in [6.07, 6.45) is 24.2. The summed E-state index contributed by atoms with van der Waals surface area (Å²) >= 11 is 0. The van der Waals surface area contributed by atoms with E-state index in [0.29, 0.717) is 6.42 Å². The number of carbonyl (C=O) groups is 4. The van der Waals surface area contributed by atoms with Gasteiger partial charge in [-0.25, -0.2) is 0 Å². The average molecular weight is 657 g/mol. The Labute approximate surface area is 280 Å². The molecule has 0 saturated heterocycles. The first-order valence-corrected chi connectivity index (χ1v) is 18.6. The van der Waals surface area contributed by atoms with Crippen LogP contribution < -0.4 is 0 Å². The number of methoxy groups -OCH3 is 1. The van der Waals surface area contributed by atoms with Gasteiger partial charge in [0.05, 0.1) is 19.4 Å². The van der Waals surface area contributed by atoms with Crippen molar-refractivity contribution in [3.05, 3.63) is 0 Å². The summed E-state index contributed by atoms with van der Waals surface area (Å²) in [5, 5.41) is 0. The van der Waals surface area contributed by atoms with Crippen LogP contribution in [0.15, 0.2) is 0 Å². The molecule has 0 aliphatic heterocycles. The van der Waals surface area contributed by atoms with Crippen LogP contribution in [0, 0.1) is 0 Å². The molecular formula is C37H68O9. The van der Waals surface area contributed by atoms with E-state index in [1.54, 1.807) is 0 Å². The molecule has 0 aliphatic rings. The zero-order valence-electron chi connectivity index (χ0n) is 29.8. The molecule has 0 aromatic heterocycles. The van der Waals surface area contributed by atoms with Gasteiger partial charge >= 0.3 is 23.9 Å². The Bertz CT molecular complexity index is 740. The fourth-order valence-corrected chi connectivity index (χ4v) is 5.08. The summed E-state index contributed by atoms with van der Waals surface area (Å²) in [4.78, 5) is 48.8. The maximum Gasteiger partial charge on any atom is 0.306 e. The molecule has 0 aromatic rings. The summed E-state index contributed by atoms with van der Waals surface area (Å²) in [7, 11) is 1.50. The normalized spacial score (nSPS) is 11.6. The fraction of sp³-hybridized carbons (Fsp3) is 0.892. The quantitative estimate of drug-likeness (QED) is 0.0380. The number of esters is 4. The summed E-state index contributed by atoms with van der Waals surface area (Å²) in [6, 6.07) is 0. The topological polar surface area (TPSA) is 114 Å². The van der Waals surface area contributed by atoms with Gasteiger partial charge in [0.15, 0.2) is 6.10 Å². The van der Waals surface area contributed by atoms with E-state index < -0.39 is 24.0 Å². The van der Waals surface area contributed by atoms with Gasteiger partial charge in [-0.05, 0) is 12.8 Å². The Morgan fingerprint density at radius 1 is 0.413 bits per heavy atom. The lowest BCUT2D eigenvalue weighted by Crippen LogP contribution is -2.31. The van der Waals surface area contributed by atoms with Gasteiger partial charge in [-0.3, -0.25) is 19.2 Å². The molecule has 46 heavy (non-hydrogen) atoms. The highest BCUT2D eigenvalue weighted by Gasteiger charge is 2.20. The predicted molar refractivity (Wildman–Crippen MR) is 181 cm³/mol. The van der Waals surface area contributed by atoms with Crippen molar-refractivity contribution in [2.75, 3.05) is 33.5 Å². The van der Waals surface area contributed by atoms with E-state index in [0.717, 1.165) is 38.5 Å². The first-order valence-electron chi connectivity index (χ1n) is 18.6. The molecule has 0 spiro atoms. The molecule has 0 radical (unpaired) electrons. The van der Waals surface area contributed by atoms with E-state index in [-0.39, 0.29) is 51.7 Å². The van der Waals surface area contributed by atoms with E-state index in [9.17, 15) is 19.2 Å². The van der Waals surface area contributed by atoms with Crippen LogP contribution in [0.4, 0.5) is 0 Å². The Morgan fingerprint density at radius 3 is 1.17 bits per heavy atom. The van der Waals surface area contributed by atoms with E-state index in [1.165, 1.54) is 103 Å². The Balaban J connectivity index is 4.39. The molecule has 0 amide bonds. The second-order valence-corrected chi connectivity index (χ2v) is 12.4. The van der Waals surface area contributed by atoms with Crippen molar-refractivity contribution in [2.24, 2.45) is 0 Å². The van der Waals surface area contributed by atoms with Crippen LogP contribution in [0.5, 0.6) is 0 Å². The lowest BCUT2D eigenvalue weighted by Gasteiger charge is -2.18. The number of hydrogen-bond donors (Lipinski definition) is 0. The molecule has 0 N–H and O–H groups in total.